The van der Waals surface area contributed by atoms with E-state index in [0.717, 1.165) is 36.3 Å². The van der Waals surface area contributed by atoms with Crippen LogP contribution in [0.3, 0.4) is 0 Å². The first-order valence-corrected chi connectivity index (χ1v) is 9.34. The van der Waals surface area contributed by atoms with E-state index in [1.54, 1.807) is 10.7 Å². The number of aryl methyl sites for hydroxylation is 1. The van der Waals surface area contributed by atoms with Crippen LogP contribution in [0.1, 0.15) is 25.0 Å². The predicted octanol–water partition coefficient (Wildman–Crippen LogP) is 1.17. The van der Waals surface area contributed by atoms with Crippen LogP contribution >= 0.6 is 0 Å². The monoisotopic (exact) mass is 323 g/mol. The van der Waals surface area contributed by atoms with E-state index in [1.807, 2.05) is 19.2 Å². The summed E-state index contributed by atoms with van der Waals surface area (Å²) in [6.07, 6.45) is 7.69. The Morgan fingerprint density at radius 3 is 3.00 bits per heavy atom. The quantitative estimate of drug-likeness (QED) is 0.862. The molecule has 0 aliphatic heterocycles. The van der Waals surface area contributed by atoms with Crippen LogP contribution in [0.4, 0.5) is 5.82 Å². The molecule has 2 atom stereocenters. The van der Waals surface area contributed by atoms with Crippen molar-refractivity contribution in [3.63, 3.8) is 0 Å². The average molecular weight is 323 g/mol. The third kappa shape index (κ3) is 3.38. The molecule has 0 spiro atoms. The van der Waals surface area contributed by atoms with Crippen molar-refractivity contribution in [2.24, 2.45) is 5.92 Å². The Balaban J connectivity index is 1.71. The van der Waals surface area contributed by atoms with Crippen LogP contribution in [-0.4, -0.2) is 41.9 Å². The summed E-state index contributed by atoms with van der Waals surface area (Å²) >= 11 is 0. The van der Waals surface area contributed by atoms with E-state index in [1.165, 1.54) is 6.26 Å². The van der Waals surface area contributed by atoms with E-state index < -0.39 is 10.0 Å². The van der Waals surface area contributed by atoms with Crippen LogP contribution in [0.2, 0.25) is 0 Å². The molecule has 1 aliphatic rings. The highest BCUT2D eigenvalue weighted by atomic mass is 32.2. The number of nitrogens with zero attached hydrogens (tertiary/aromatic N) is 3. The number of anilines is 1. The summed E-state index contributed by atoms with van der Waals surface area (Å²) in [4.78, 5) is 4.37. The molecule has 8 heteroatoms. The molecule has 120 valence electrons. The number of fused-ring (bicyclic) bond motifs is 1. The Hall–Kier alpha value is -1.67. The molecular formula is C14H21N5O2S. The zero-order chi connectivity index (χ0) is 15.7. The van der Waals surface area contributed by atoms with E-state index in [-0.39, 0.29) is 12.0 Å². The zero-order valence-corrected chi connectivity index (χ0v) is 13.6. The Bertz CT molecular complexity index is 771. The lowest BCUT2D eigenvalue weighted by Gasteiger charge is -2.20. The molecule has 2 aromatic heterocycles. The van der Waals surface area contributed by atoms with Crippen molar-refractivity contribution in [1.29, 1.82) is 0 Å². The normalized spacial score (nSPS) is 22.3. The van der Waals surface area contributed by atoms with Gasteiger partial charge in [-0.2, -0.15) is 5.10 Å². The molecule has 1 saturated carbocycles. The lowest BCUT2D eigenvalue weighted by atomic mass is 10.0. The highest BCUT2D eigenvalue weighted by Crippen LogP contribution is 2.27. The van der Waals surface area contributed by atoms with Crippen LogP contribution in [0, 0.1) is 12.8 Å². The molecule has 0 bridgehead atoms. The fraction of sp³-hybridized carbons (Fsp3) is 0.571. The zero-order valence-electron chi connectivity index (χ0n) is 12.8. The largest absolute Gasteiger partial charge is 0.368 e. The van der Waals surface area contributed by atoms with Gasteiger partial charge < -0.3 is 5.32 Å². The van der Waals surface area contributed by atoms with Crippen molar-refractivity contribution >= 4 is 21.4 Å². The summed E-state index contributed by atoms with van der Waals surface area (Å²) in [5.74, 6) is 1.06. The number of hydrogen-bond acceptors (Lipinski definition) is 5. The summed E-state index contributed by atoms with van der Waals surface area (Å²) in [7, 11) is -3.16. The summed E-state index contributed by atoms with van der Waals surface area (Å²) in [5.41, 5.74) is 1.87. The first-order valence-electron chi connectivity index (χ1n) is 7.44. The molecule has 0 radical (unpaired) electrons. The molecule has 2 aromatic rings. The van der Waals surface area contributed by atoms with E-state index in [9.17, 15) is 8.42 Å². The second-order valence-corrected chi connectivity index (χ2v) is 7.74. The van der Waals surface area contributed by atoms with E-state index in [0.29, 0.717) is 6.54 Å². The van der Waals surface area contributed by atoms with Crippen molar-refractivity contribution in [2.45, 2.75) is 32.2 Å². The molecule has 2 unspecified atom stereocenters. The number of nitrogens with one attached hydrogen (secondary N) is 2. The lowest BCUT2D eigenvalue weighted by Crippen LogP contribution is -2.39. The molecule has 1 fully saturated rings. The lowest BCUT2D eigenvalue weighted by molar-refractivity contribution is 0.463. The summed E-state index contributed by atoms with van der Waals surface area (Å²) in [6, 6.07) is 1.99. The van der Waals surface area contributed by atoms with Gasteiger partial charge in [0.05, 0.1) is 11.9 Å². The van der Waals surface area contributed by atoms with Gasteiger partial charge >= 0.3 is 0 Å². The van der Waals surface area contributed by atoms with Crippen LogP contribution in [0.15, 0.2) is 18.5 Å². The molecule has 22 heavy (non-hydrogen) atoms. The minimum Gasteiger partial charge on any atom is -0.368 e. The van der Waals surface area contributed by atoms with Gasteiger partial charge in [-0.05, 0) is 31.7 Å². The van der Waals surface area contributed by atoms with Crippen molar-refractivity contribution in [3.8, 4) is 0 Å². The molecular weight excluding hydrogens is 302 g/mol. The van der Waals surface area contributed by atoms with Crippen LogP contribution < -0.4 is 10.0 Å². The van der Waals surface area contributed by atoms with Gasteiger partial charge in [0.25, 0.3) is 0 Å². The summed E-state index contributed by atoms with van der Waals surface area (Å²) in [5, 5.41) is 7.71. The first-order chi connectivity index (χ1) is 10.4. The predicted molar refractivity (Wildman–Crippen MR) is 85.3 cm³/mol. The molecule has 2 N–H and O–H groups in total. The van der Waals surface area contributed by atoms with E-state index >= 15 is 0 Å². The van der Waals surface area contributed by atoms with E-state index in [4.69, 9.17) is 0 Å². The molecule has 7 nitrogen and oxygen atoms in total. The molecule has 0 saturated heterocycles. The average Bonchev–Trinajstić information content (AvgIpc) is 3.00. The third-order valence-corrected chi connectivity index (χ3v) is 4.80. The molecule has 1 aliphatic carbocycles. The number of rotatable bonds is 5. The van der Waals surface area contributed by atoms with Crippen molar-refractivity contribution < 1.29 is 8.42 Å². The first kappa shape index (κ1) is 15.2. The number of sulfonamides is 1. The van der Waals surface area contributed by atoms with Gasteiger partial charge in [-0.1, -0.05) is 6.42 Å². The fourth-order valence-electron chi connectivity index (χ4n) is 3.12. The van der Waals surface area contributed by atoms with Gasteiger partial charge in [0.1, 0.15) is 5.52 Å². The smallest absolute Gasteiger partial charge is 0.208 e. The highest BCUT2D eigenvalue weighted by molar-refractivity contribution is 7.88. The molecule has 2 heterocycles. The van der Waals surface area contributed by atoms with Crippen LogP contribution in [0.25, 0.3) is 5.52 Å². The highest BCUT2D eigenvalue weighted by Gasteiger charge is 2.29. The topological polar surface area (TPSA) is 88.4 Å². The Morgan fingerprint density at radius 2 is 2.23 bits per heavy atom. The molecule has 3 rings (SSSR count). The maximum Gasteiger partial charge on any atom is 0.208 e. The second-order valence-electron chi connectivity index (χ2n) is 5.96. The van der Waals surface area contributed by atoms with Gasteiger partial charge in [0, 0.05) is 25.0 Å². The minimum absolute atomic E-state index is 0.00822. The number of hydrogen-bond donors (Lipinski definition) is 2. The van der Waals surface area contributed by atoms with Crippen LogP contribution in [0.5, 0.6) is 0 Å². The second kappa shape index (κ2) is 5.85. The van der Waals surface area contributed by atoms with Crippen molar-refractivity contribution in [3.05, 3.63) is 24.2 Å². The van der Waals surface area contributed by atoms with Gasteiger partial charge in [0.15, 0.2) is 5.82 Å². The SMILES string of the molecule is Cc1cc2c(NCC3CCCC3NS(C)(=O)=O)nccn2n1. The standard InChI is InChI=1S/C14H21N5O2S/c1-10-8-13-14(15-6-7-19(13)17-10)16-9-11-4-3-5-12(11)18-22(2,20)21/h6-8,11-12,18H,3-5,9H2,1-2H3,(H,15,16). The number of aromatic nitrogens is 3. The Labute approximate surface area is 130 Å². The van der Waals surface area contributed by atoms with Gasteiger partial charge in [-0.25, -0.2) is 22.6 Å². The van der Waals surface area contributed by atoms with Gasteiger partial charge in [-0.15, -0.1) is 0 Å². The van der Waals surface area contributed by atoms with E-state index in [2.05, 4.69) is 20.1 Å². The van der Waals surface area contributed by atoms with Crippen molar-refractivity contribution in [2.75, 3.05) is 18.1 Å². The molecule has 0 aromatic carbocycles. The van der Waals surface area contributed by atoms with Crippen LogP contribution in [-0.2, 0) is 10.0 Å². The Kier molecular flexibility index (Phi) is 4.05. The third-order valence-electron chi connectivity index (χ3n) is 4.07. The van der Waals surface area contributed by atoms with Gasteiger partial charge in [0.2, 0.25) is 10.0 Å². The minimum atomic E-state index is -3.16. The summed E-state index contributed by atoms with van der Waals surface area (Å²) < 4.78 is 27.4. The molecule has 0 amide bonds. The maximum absolute atomic E-state index is 11.4. The fourth-order valence-corrected chi connectivity index (χ4v) is 3.98. The van der Waals surface area contributed by atoms with Gasteiger partial charge in [-0.3, -0.25) is 0 Å². The van der Waals surface area contributed by atoms with Crippen molar-refractivity contribution in [1.82, 2.24) is 19.3 Å². The maximum atomic E-state index is 11.4. The Morgan fingerprint density at radius 1 is 1.41 bits per heavy atom. The summed E-state index contributed by atoms with van der Waals surface area (Å²) in [6.45, 7) is 2.64.